The van der Waals surface area contributed by atoms with Crippen molar-refractivity contribution in [1.82, 2.24) is 10.2 Å². The molecule has 2 atom stereocenters. The molecule has 3 rings (SSSR count). The number of carbonyl (C=O) groups is 1. The van der Waals surface area contributed by atoms with E-state index < -0.39 is 0 Å². The molecule has 0 spiro atoms. The number of nitrogens with one attached hydrogen (secondary N) is 1. The number of amides is 1. The third kappa shape index (κ3) is 3.59. The Morgan fingerprint density at radius 2 is 1.83 bits per heavy atom. The molecule has 1 N–H and O–H groups in total. The summed E-state index contributed by atoms with van der Waals surface area (Å²) in [7, 11) is 2.03. The Hall–Kier alpha value is -2.20. The molecule has 0 unspecified atom stereocenters. The average molecular weight is 312 g/mol. The van der Waals surface area contributed by atoms with Gasteiger partial charge in [-0.2, -0.15) is 0 Å². The highest BCUT2D eigenvalue weighted by atomic mass is 19.1. The van der Waals surface area contributed by atoms with Crippen molar-refractivity contribution >= 4 is 5.91 Å². The van der Waals surface area contributed by atoms with Crippen LogP contribution in [0, 0.1) is 11.7 Å². The van der Waals surface area contributed by atoms with Crippen LogP contribution in [-0.4, -0.2) is 30.9 Å². The van der Waals surface area contributed by atoms with Crippen LogP contribution in [0.15, 0.2) is 54.6 Å². The van der Waals surface area contributed by atoms with E-state index in [1.165, 1.54) is 11.6 Å². The van der Waals surface area contributed by atoms with E-state index in [0.29, 0.717) is 5.56 Å². The first-order chi connectivity index (χ1) is 11.1. The molecule has 1 aliphatic heterocycles. The van der Waals surface area contributed by atoms with Gasteiger partial charge in [0, 0.05) is 31.1 Å². The van der Waals surface area contributed by atoms with Crippen LogP contribution >= 0.6 is 0 Å². The molecule has 0 saturated carbocycles. The summed E-state index contributed by atoms with van der Waals surface area (Å²) in [5.74, 6) is -0.210. The van der Waals surface area contributed by atoms with E-state index in [4.69, 9.17) is 0 Å². The van der Waals surface area contributed by atoms with Gasteiger partial charge in [0.2, 0.25) is 5.91 Å². The minimum atomic E-state index is -0.282. The molecule has 2 aromatic rings. The fourth-order valence-electron chi connectivity index (χ4n) is 3.26. The molecular formula is C19H21FN2O. The van der Waals surface area contributed by atoms with Crippen molar-refractivity contribution in [2.24, 2.45) is 5.92 Å². The molecule has 1 heterocycles. The zero-order valence-electron chi connectivity index (χ0n) is 13.2. The zero-order valence-corrected chi connectivity index (χ0v) is 13.2. The number of likely N-dealkylation sites (tertiary alicyclic amines) is 1. The third-order valence-corrected chi connectivity index (χ3v) is 4.48. The van der Waals surface area contributed by atoms with Crippen LogP contribution in [0.5, 0.6) is 0 Å². The minimum absolute atomic E-state index is 0.00791. The number of nitrogens with zero attached hydrogens (tertiary/aromatic N) is 1. The Morgan fingerprint density at radius 3 is 2.57 bits per heavy atom. The van der Waals surface area contributed by atoms with Gasteiger partial charge < -0.3 is 10.2 Å². The molecule has 0 aromatic heterocycles. The van der Waals surface area contributed by atoms with Gasteiger partial charge in [0.05, 0.1) is 5.92 Å². The maximum absolute atomic E-state index is 13.7. The third-order valence-electron chi connectivity index (χ3n) is 4.48. The first kappa shape index (κ1) is 15.7. The van der Waals surface area contributed by atoms with Gasteiger partial charge in [-0.15, -0.1) is 0 Å². The maximum Gasteiger partial charge on any atom is 0.225 e. The number of halogens is 1. The fraction of sp³-hybridized carbons (Fsp3) is 0.316. The molecule has 1 aliphatic rings. The van der Waals surface area contributed by atoms with E-state index in [1.807, 2.05) is 25.2 Å². The Bertz CT molecular complexity index is 674. The maximum atomic E-state index is 13.7. The lowest BCUT2D eigenvalue weighted by molar-refractivity contribution is -0.125. The predicted octanol–water partition coefficient (Wildman–Crippen LogP) is 2.79. The lowest BCUT2D eigenvalue weighted by atomic mass is 9.88. The van der Waals surface area contributed by atoms with Crippen molar-refractivity contribution in [2.45, 2.75) is 12.5 Å². The van der Waals surface area contributed by atoms with Gasteiger partial charge in [0.1, 0.15) is 5.82 Å². The molecule has 4 heteroatoms. The quantitative estimate of drug-likeness (QED) is 0.941. The van der Waals surface area contributed by atoms with Crippen LogP contribution in [0.3, 0.4) is 0 Å². The number of hydrogen-bond acceptors (Lipinski definition) is 2. The van der Waals surface area contributed by atoms with E-state index in [9.17, 15) is 9.18 Å². The van der Waals surface area contributed by atoms with Gasteiger partial charge in [-0.3, -0.25) is 4.79 Å². The molecule has 0 radical (unpaired) electrons. The first-order valence-corrected chi connectivity index (χ1v) is 7.90. The highest BCUT2D eigenvalue weighted by molar-refractivity contribution is 5.80. The number of benzene rings is 2. The molecule has 0 bridgehead atoms. The van der Waals surface area contributed by atoms with Crippen molar-refractivity contribution in [2.75, 3.05) is 20.1 Å². The Labute approximate surface area is 136 Å². The highest BCUT2D eigenvalue weighted by Crippen LogP contribution is 2.32. The molecule has 120 valence electrons. The minimum Gasteiger partial charge on any atom is -0.352 e. The van der Waals surface area contributed by atoms with E-state index in [-0.39, 0.29) is 30.1 Å². The zero-order chi connectivity index (χ0) is 16.2. The van der Waals surface area contributed by atoms with Gasteiger partial charge >= 0.3 is 0 Å². The second-order valence-corrected chi connectivity index (χ2v) is 6.15. The number of carbonyl (C=O) groups excluding carboxylic acids is 1. The molecule has 2 aromatic carbocycles. The summed E-state index contributed by atoms with van der Waals surface area (Å²) < 4.78 is 13.7. The summed E-state index contributed by atoms with van der Waals surface area (Å²) in [4.78, 5) is 14.8. The van der Waals surface area contributed by atoms with E-state index in [1.54, 1.807) is 18.2 Å². The van der Waals surface area contributed by atoms with Gasteiger partial charge in [0.25, 0.3) is 0 Å². The van der Waals surface area contributed by atoms with Crippen molar-refractivity contribution in [3.05, 3.63) is 71.5 Å². The van der Waals surface area contributed by atoms with Crippen molar-refractivity contribution < 1.29 is 9.18 Å². The fourth-order valence-corrected chi connectivity index (χ4v) is 3.26. The van der Waals surface area contributed by atoms with Gasteiger partial charge in [0.15, 0.2) is 0 Å². The van der Waals surface area contributed by atoms with Crippen LogP contribution in [0.2, 0.25) is 0 Å². The number of rotatable bonds is 4. The number of hydrogen-bond donors (Lipinski definition) is 1. The largest absolute Gasteiger partial charge is 0.352 e. The van der Waals surface area contributed by atoms with E-state index in [2.05, 4.69) is 22.3 Å². The van der Waals surface area contributed by atoms with Crippen LogP contribution in [0.4, 0.5) is 4.39 Å². The van der Waals surface area contributed by atoms with E-state index >= 15 is 0 Å². The van der Waals surface area contributed by atoms with E-state index in [0.717, 1.165) is 13.1 Å². The Morgan fingerprint density at radius 1 is 1.13 bits per heavy atom. The van der Waals surface area contributed by atoms with Gasteiger partial charge in [-0.1, -0.05) is 48.5 Å². The molecule has 3 nitrogen and oxygen atoms in total. The highest BCUT2D eigenvalue weighted by Gasteiger charge is 2.36. The lowest BCUT2D eigenvalue weighted by Crippen LogP contribution is -2.34. The predicted molar refractivity (Wildman–Crippen MR) is 88.4 cm³/mol. The molecule has 1 saturated heterocycles. The molecule has 1 amide bonds. The van der Waals surface area contributed by atoms with Crippen LogP contribution in [0.1, 0.15) is 17.0 Å². The van der Waals surface area contributed by atoms with Crippen molar-refractivity contribution in [3.63, 3.8) is 0 Å². The average Bonchev–Trinajstić information content (AvgIpc) is 2.97. The van der Waals surface area contributed by atoms with Crippen molar-refractivity contribution in [3.8, 4) is 0 Å². The Kier molecular flexibility index (Phi) is 4.72. The van der Waals surface area contributed by atoms with Gasteiger partial charge in [-0.05, 0) is 18.7 Å². The number of likely N-dealkylation sites (N-methyl/N-ethyl adjacent to an activating group) is 1. The SMILES string of the molecule is CN1C[C@@H](C(=O)NCc2ccccc2F)[C@H](c2ccccc2)C1. The summed E-state index contributed by atoms with van der Waals surface area (Å²) >= 11 is 0. The van der Waals surface area contributed by atoms with Gasteiger partial charge in [-0.25, -0.2) is 4.39 Å². The molecule has 0 aliphatic carbocycles. The second-order valence-electron chi connectivity index (χ2n) is 6.15. The standard InChI is InChI=1S/C19H21FN2O/c1-22-12-16(14-7-3-2-4-8-14)17(13-22)19(23)21-11-15-9-5-6-10-18(15)20/h2-10,16-17H,11-13H2,1H3,(H,21,23)/t16-,17+/m0/s1. The summed E-state index contributed by atoms with van der Waals surface area (Å²) in [5, 5.41) is 2.90. The first-order valence-electron chi connectivity index (χ1n) is 7.90. The molecule has 23 heavy (non-hydrogen) atoms. The monoisotopic (exact) mass is 312 g/mol. The van der Waals surface area contributed by atoms with Crippen molar-refractivity contribution in [1.29, 1.82) is 0 Å². The lowest BCUT2D eigenvalue weighted by Gasteiger charge is -2.18. The summed E-state index contributed by atoms with van der Waals surface area (Å²) in [6.45, 7) is 1.82. The normalized spacial score (nSPS) is 21.3. The molecular weight excluding hydrogens is 291 g/mol. The molecule has 1 fully saturated rings. The Balaban J connectivity index is 1.69. The van der Waals surface area contributed by atoms with Crippen LogP contribution < -0.4 is 5.32 Å². The van der Waals surface area contributed by atoms with Crippen LogP contribution in [0.25, 0.3) is 0 Å². The smallest absolute Gasteiger partial charge is 0.225 e. The summed E-state index contributed by atoms with van der Waals surface area (Å²) in [6, 6.07) is 16.7. The van der Waals surface area contributed by atoms with Crippen LogP contribution in [-0.2, 0) is 11.3 Å². The topological polar surface area (TPSA) is 32.3 Å². The summed E-state index contributed by atoms with van der Waals surface area (Å²) in [5.41, 5.74) is 1.70. The summed E-state index contributed by atoms with van der Waals surface area (Å²) in [6.07, 6.45) is 0. The second kappa shape index (κ2) is 6.92.